The van der Waals surface area contributed by atoms with E-state index in [1.807, 2.05) is 57.0 Å². The van der Waals surface area contributed by atoms with Crippen molar-refractivity contribution in [3.8, 4) is 34.5 Å². The Hall–Kier alpha value is -4.96. The minimum Gasteiger partial charge on any atom is -0.444 e. The lowest BCUT2D eigenvalue weighted by Gasteiger charge is -2.36. The van der Waals surface area contributed by atoms with Crippen molar-refractivity contribution in [3.63, 3.8) is 0 Å². The van der Waals surface area contributed by atoms with Gasteiger partial charge in [0, 0.05) is 49.7 Å². The molecule has 1 fully saturated rings. The second-order valence-electron chi connectivity index (χ2n) is 10.7. The molecular formula is C30H28FN7O2. The summed E-state index contributed by atoms with van der Waals surface area (Å²) in [6.07, 6.45) is 1.38. The smallest absolute Gasteiger partial charge is 0.410 e. The van der Waals surface area contributed by atoms with Crippen molar-refractivity contribution in [2.75, 3.05) is 31.1 Å². The van der Waals surface area contributed by atoms with Gasteiger partial charge >= 0.3 is 6.09 Å². The molecule has 1 amide bonds. The van der Waals surface area contributed by atoms with Gasteiger partial charge < -0.3 is 14.5 Å². The van der Waals surface area contributed by atoms with E-state index >= 15 is 0 Å². The number of hydrogen-bond donors (Lipinski definition) is 0. The summed E-state index contributed by atoms with van der Waals surface area (Å²) < 4.78 is 22.0. The van der Waals surface area contributed by atoms with Gasteiger partial charge in [0.25, 0.3) is 0 Å². The highest BCUT2D eigenvalue weighted by Crippen LogP contribution is 2.38. The lowest BCUT2D eigenvalue weighted by molar-refractivity contribution is 0.0240. The van der Waals surface area contributed by atoms with Crippen LogP contribution in [0.1, 0.15) is 31.9 Å². The SMILES string of the molecule is Cn1ncc2cc(-c3c(C#N)cc(N4CCN(C(=O)OC(C)(C)C)CC4)nc3-c3ccc(C#N)c(F)c3)ccc21. The minimum atomic E-state index is -0.662. The number of halogens is 1. The molecule has 2 aromatic heterocycles. The molecule has 0 radical (unpaired) electrons. The van der Waals surface area contributed by atoms with E-state index in [1.54, 1.807) is 27.9 Å². The maximum Gasteiger partial charge on any atom is 0.410 e. The van der Waals surface area contributed by atoms with E-state index in [4.69, 9.17) is 9.72 Å². The number of aryl methyl sites for hydroxylation is 1. The molecule has 9 nitrogen and oxygen atoms in total. The van der Waals surface area contributed by atoms with E-state index < -0.39 is 11.4 Å². The third-order valence-electron chi connectivity index (χ3n) is 6.78. The van der Waals surface area contributed by atoms with E-state index in [0.717, 1.165) is 16.5 Å². The van der Waals surface area contributed by atoms with Crippen LogP contribution in [0.4, 0.5) is 15.0 Å². The summed E-state index contributed by atoms with van der Waals surface area (Å²) in [6.45, 7) is 7.32. The van der Waals surface area contributed by atoms with Crippen LogP contribution in [-0.2, 0) is 11.8 Å². The lowest BCUT2D eigenvalue weighted by Crippen LogP contribution is -2.50. The molecule has 0 saturated carbocycles. The molecule has 0 N–H and O–H groups in total. The van der Waals surface area contributed by atoms with Crippen molar-refractivity contribution < 1.29 is 13.9 Å². The molecule has 0 atom stereocenters. The Morgan fingerprint density at radius 3 is 2.33 bits per heavy atom. The number of aromatic nitrogens is 3. The Labute approximate surface area is 231 Å². The number of amides is 1. The van der Waals surface area contributed by atoms with Crippen molar-refractivity contribution >= 4 is 22.8 Å². The predicted molar refractivity (Wildman–Crippen MR) is 149 cm³/mol. The Morgan fingerprint density at radius 2 is 1.68 bits per heavy atom. The van der Waals surface area contributed by atoms with Gasteiger partial charge in [-0.2, -0.15) is 15.6 Å². The fourth-order valence-corrected chi connectivity index (χ4v) is 4.80. The first-order valence-corrected chi connectivity index (χ1v) is 12.9. The van der Waals surface area contributed by atoms with Gasteiger partial charge in [-0.05, 0) is 56.7 Å². The number of anilines is 1. The monoisotopic (exact) mass is 537 g/mol. The summed E-state index contributed by atoms with van der Waals surface area (Å²) in [4.78, 5) is 21.1. The Kier molecular flexibility index (Phi) is 6.87. The third-order valence-corrected chi connectivity index (χ3v) is 6.78. The van der Waals surface area contributed by atoms with E-state index in [2.05, 4.69) is 11.2 Å². The summed E-state index contributed by atoms with van der Waals surface area (Å²) in [7, 11) is 1.85. The maximum absolute atomic E-state index is 14.8. The second-order valence-corrected chi connectivity index (χ2v) is 10.7. The molecular weight excluding hydrogens is 509 g/mol. The molecule has 0 unspecified atom stereocenters. The third kappa shape index (κ3) is 5.16. The van der Waals surface area contributed by atoms with Crippen molar-refractivity contribution in [2.45, 2.75) is 26.4 Å². The first-order chi connectivity index (χ1) is 19.1. The van der Waals surface area contributed by atoms with Crippen LogP contribution in [-0.4, -0.2) is 57.5 Å². The van der Waals surface area contributed by atoms with Crippen LogP contribution in [0.5, 0.6) is 0 Å². The first kappa shape index (κ1) is 26.6. The second kappa shape index (κ2) is 10.3. The number of carbonyl (C=O) groups excluding carboxylic acids is 1. The molecule has 5 rings (SSSR count). The van der Waals surface area contributed by atoms with Crippen LogP contribution in [0.25, 0.3) is 33.3 Å². The molecule has 1 aliphatic rings. The summed E-state index contributed by atoms with van der Waals surface area (Å²) >= 11 is 0. The van der Waals surface area contributed by atoms with Crippen LogP contribution in [0.3, 0.4) is 0 Å². The minimum absolute atomic E-state index is 0.0722. The van der Waals surface area contributed by atoms with E-state index in [0.29, 0.717) is 54.4 Å². The highest BCUT2D eigenvalue weighted by atomic mass is 19.1. The predicted octanol–water partition coefficient (Wildman–Crippen LogP) is 5.24. The number of benzene rings is 2. The molecule has 3 heterocycles. The number of rotatable bonds is 3. The molecule has 0 aliphatic carbocycles. The quantitative estimate of drug-likeness (QED) is 0.351. The van der Waals surface area contributed by atoms with Crippen LogP contribution >= 0.6 is 0 Å². The molecule has 1 saturated heterocycles. The van der Waals surface area contributed by atoms with Crippen LogP contribution in [0, 0.1) is 28.5 Å². The van der Waals surface area contributed by atoms with Gasteiger partial charge in [-0.3, -0.25) is 4.68 Å². The number of piperazine rings is 1. The average molecular weight is 538 g/mol. The summed E-state index contributed by atoms with van der Waals surface area (Å²) in [5.41, 5.74) is 2.83. The molecule has 0 spiro atoms. The fourth-order valence-electron chi connectivity index (χ4n) is 4.80. The zero-order chi connectivity index (χ0) is 28.6. The van der Waals surface area contributed by atoms with Crippen LogP contribution in [0.15, 0.2) is 48.7 Å². The highest BCUT2D eigenvalue weighted by molar-refractivity contribution is 5.91. The van der Waals surface area contributed by atoms with Crippen LogP contribution in [0.2, 0.25) is 0 Å². The van der Waals surface area contributed by atoms with Gasteiger partial charge in [0.2, 0.25) is 0 Å². The Bertz CT molecular complexity index is 1700. The Balaban J connectivity index is 1.58. The summed E-state index contributed by atoms with van der Waals surface area (Å²) in [5.74, 6) is -0.114. The molecule has 2 aromatic carbocycles. The van der Waals surface area contributed by atoms with Gasteiger partial charge in [0.1, 0.15) is 23.3 Å². The van der Waals surface area contributed by atoms with Crippen molar-refractivity contribution in [1.82, 2.24) is 19.7 Å². The fraction of sp³-hybridized carbons (Fsp3) is 0.300. The summed E-state index contributed by atoms with van der Waals surface area (Å²) in [5, 5.41) is 24.7. The number of nitriles is 2. The van der Waals surface area contributed by atoms with Gasteiger partial charge in [0.05, 0.1) is 34.6 Å². The van der Waals surface area contributed by atoms with Crippen LogP contribution < -0.4 is 4.90 Å². The lowest BCUT2D eigenvalue weighted by atomic mass is 9.93. The summed E-state index contributed by atoms with van der Waals surface area (Å²) in [6, 6.07) is 16.0. The largest absolute Gasteiger partial charge is 0.444 e. The maximum atomic E-state index is 14.8. The zero-order valence-corrected chi connectivity index (χ0v) is 22.8. The molecule has 1 aliphatic heterocycles. The topological polar surface area (TPSA) is 111 Å². The average Bonchev–Trinajstić information content (AvgIpc) is 3.31. The van der Waals surface area contributed by atoms with Crippen molar-refractivity contribution in [1.29, 1.82) is 10.5 Å². The van der Waals surface area contributed by atoms with Gasteiger partial charge in [-0.15, -0.1) is 0 Å². The first-order valence-electron chi connectivity index (χ1n) is 12.9. The number of nitrogens with zero attached hydrogens (tertiary/aromatic N) is 7. The highest BCUT2D eigenvalue weighted by Gasteiger charge is 2.28. The number of pyridine rings is 1. The number of fused-ring (bicyclic) bond motifs is 1. The molecule has 202 valence electrons. The van der Waals surface area contributed by atoms with Gasteiger partial charge in [-0.1, -0.05) is 12.1 Å². The molecule has 40 heavy (non-hydrogen) atoms. The Morgan fingerprint density at radius 1 is 0.975 bits per heavy atom. The van der Waals surface area contributed by atoms with Gasteiger partial charge in [0.15, 0.2) is 0 Å². The van der Waals surface area contributed by atoms with Crippen molar-refractivity contribution in [2.24, 2.45) is 7.05 Å². The van der Waals surface area contributed by atoms with Crippen molar-refractivity contribution in [3.05, 3.63) is 65.6 Å². The number of carbonyl (C=O) groups is 1. The molecule has 0 bridgehead atoms. The van der Waals surface area contributed by atoms with E-state index in [1.165, 1.54) is 12.1 Å². The number of hydrogen-bond acceptors (Lipinski definition) is 7. The zero-order valence-electron chi connectivity index (χ0n) is 22.8. The molecule has 10 heteroatoms. The standard InChI is InChI=1S/C30H28FN7O2/c1-30(2,3)40-29(39)38-11-9-37(10-12-38)26-15-22(17-33)27(19-7-8-25-23(13-19)18-34-36(25)4)28(35-26)20-5-6-21(16-32)24(31)14-20/h5-8,13-15,18H,9-12H2,1-4H3. The normalized spacial score (nSPS) is 13.7. The van der Waals surface area contributed by atoms with Gasteiger partial charge in [-0.25, -0.2) is 14.2 Å². The van der Waals surface area contributed by atoms with E-state index in [9.17, 15) is 19.7 Å². The van der Waals surface area contributed by atoms with E-state index in [-0.39, 0.29) is 11.7 Å². The number of ether oxygens (including phenoxy) is 1. The molecule has 4 aromatic rings.